The van der Waals surface area contributed by atoms with Gasteiger partial charge < -0.3 is 9.13 Å². The average molecular weight is 901 g/mol. The van der Waals surface area contributed by atoms with Gasteiger partial charge >= 0.3 is 0 Å². The van der Waals surface area contributed by atoms with E-state index in [0.29, 0.717) is 11.3 Å². The summed E-state index contributed by atoms with van der Waals surface area (Å²) in [5.41, 5.74) is 17.4. The van der Waals surface area contributed by atoms with Crippen LogP contribution in [0.25, 0.3) is 104 Å². The molecule has 2 atom stereocenters. The molecule has 2 unspecified atom stereocenters. The molecule has 1 aliphatic rings. The number of hydrogen-bond donors (Lipinski definition) is 0. The van der Waals surface area contributed by atoms with Crippen molar-refractivity contribution in [2.75, 3.05) is 0 Å². The summed E-state index contributed by atoms with van der Waals surface area (Å²) in [5, 5.41) is 16.4. The molecule has 12 rings (SSSR count). The van der Waals surface area contributed by atoms with Crippen LogP contribution in [-0.4, -0.2) is 9.13 Å². The maximum absolute atomic E-state index is 11.9. The van der Waals surface area contributed by atoms with Crippen LogP contribution in [0.1, 0.15) is 70.1 Å². The van der Waals surface area contributed by atoms with Gasteiger partial charge in [0.15, 0.2) is 0 Å². The Morgan fingerprint density at radius 2 is 0.743 bits per heavy atom. The van der Waals surface area contributed by atoms with Crippen LogP contribution in [-0.2, 0) is 10.8 Å². The molecule has 2 heterocycles. The van der Waals surface area contributed by atoms with Gasteiger partial charge in [-0.15, -0.1) is 0 Å². The van der Waals surface area contributed by atoms with Gasteiger partial charge in [-0.25, -0.2) is 4.85 Å². The lowest BCUT2D eigenvalue weighted by Gasteiger charge is -2.47. The van der Waals surface area contributed by atoms with Crippen LogP contribution in [0.4, 0.5) is 5.69 Å². The molecular weight excluding hydrogens is 849 g/mol. The number of aromatic nitrogens is 2. The molecule has 0 radical (unpaired) electrons. The minimum absolute atomic E-state index is 0.321. The lowest BCUT2D eigenvalue weighted by atomic mass is 9.58. The summed E-state index contributed by atoms with van der Waals surface area (Å²) in [6.45, 7) is 18.8. The first-order chi connectivity index (χ1) is 34.3. The summed E-state index contributed by atoms with van der Waals surface area (Å²) in [7, 11) is 0. The van der Waals surface area contributed by atoms with Crippen molar-refractivity contribution in [3.05, 3.63) is 222 Å². The van der Waals surface area contributed by atoms with Gasteiger partial charge in [0.1, 0.15) is 0 Å². The molecule has 0 aliphatic heterocycles. The van der Waals surface area contributed by atoms with E-state index in [9.17, 15) is 11.8 Å². The van der Waals surface area contributed by atoms with Crippen molar-refractivity contribution in [1.29, 1.82) is 5.26 Å². The predicted octanol–water partition coefficient (Wildman–Crippen LogP) is 18.1. The fourth-order valence-electron chi connectivity index (χ4n) is 11.8. The summed E-state index contributed by atoms with van der Waals surface area (Å²) in [6, 6.07) is 72.2. The number of rotatable bonds is 8. The Kier molecular flexibility index (Phi) is 10.2. The van der Waals surface area contributed by atoms with E-state index in [-0.39, 0.29) is 10.8 Å². The van der Waals surface area contributed by atoms with Gasteiger partial charge in [-0.05, 0) is 141 Å². The first-order valence-corrected chi connectivity index (χ1v) is 24.7. The molecule has 1 aliphatic carbocycles. The molecule has 70 heavy (non-hydrogen) atoms. The number of hydrogen-bond acceptors (Lipinski definition) is 1. The smallest absolute Gasteiger partial charge is 0.230 e. The van der Waals surface area contributed by atoms with Crippen LogP contribution >= 0.6 is 0 Å². The van der Waals surface area contributed by atoms with Crippen molar-refractivity contribution in [1.82, 2.24) is 9.13 Å². The van der Waals surface area contributed by atoms with Crippen LogP contribution in [0, 0.1) is 17.9 Å². The molecule has 9 aromatic carbocycles. The highest BCUT2D eigenvalue weighted by molar-refractivity contribution is 6.14. The van der Waals surface area contributed by atoms with E-state index in [1.54, 1.807) is 0 Å². The van der Waals surface area contributed by atoms with E-state index in [1.807, 2.05) is 0 Å². The summed E-state index contributed by atoms with van der Waals surface area (Å²) in [6.07, 6.45) is 3.65. The molecular formula is C66H52N4. The quantitative estimate of drug-likeness (QED) is 0.140. The minimum atomic E-state index is -0.323. The predicted molar refractivity (Wildman–Crippen MR) is 292 cm³/mol. The Morgan fingerprint density at radius 1 is 0.443 bits per heavy atom. The Bertz CT molecular complexity index is 3490. The third-order valence-corrected chi connectivity index (χ3v) is 16.0. The van der Waals surface area contributed by atoms with Crippen molar-refractivity contribution >= 4 is 49.3 Å². The van der Waals surface area contributed by atoms with Gasteiger partial charge in [0, 0.05) is 21.5 Å². The van der Waals surface area contributed by atoms with E-state index >= 15 is 0 Å². The highest BCUT2D eigenvalue weighted by Gasteiger charge is 2.47. The third kappa shape index (κ3) is 6.55. The number of nitrogens with zero attached hydrogens (tertiary/aromatic N) is 4. The van der Waals surface area contributed by atoms with Crippen molar-refractivity contribution in [3.8, 4) is 62.0 Å². The van der Waals surface area contributed by atoms with Crippen molar-refractivity contribution < 1.29 is 0 Å². The maximum Gasteiger partial charge on any atom is 0.230 e. The highest BCUT2D eigenvalue weighted by atomic mass is 15.0. The van der Waals surface area contributed by atoms with Crippen molar-refractivity contribution in [3.63, 3.8) is 0 Å². The fraction of sp³-hybridized carbons (Fsp3) is 0.152. The highest BCUT2D eigenvalue weighted by Crippen LogP contribution is 2.58. The monoisotopic (exact) mass is 900 g/mol. The second kappa shape index (κ2) is 16.7. The van der Waals surface area contributed by atoms with E-state index in [4.69, 9.17) is 0 Å². The zero-order valence-corrected chi connectivity index (χ0v) is 40.1. The summed E-state index contributed by atoms with van der Waals surface area (Å²) < 4.78 is 4.73. The summed E-state index contributed by atoms with van der Waals surface area (Å²) >= 11 is 0. The minimum Gasteiger partial charge on any atom is -0.319 e. The van der Waals surface area contributed by atoms with Gasteiger partial charge in [-0.1, -0.05) is 173 Å². The topological polar surface area (TPSA) is 38.0 Å². The number of benzene rings is 9. The van der Waals surface area contributed by atoms with Crippen LogP contribution < -0.4 is 0 Å². The maximum atomic E-state index is 11.9. The zero-order chi connectivity index (χ0) is 47.7. The first-order valence-electron chi connectivity index (χ1n) is 24.7. The van der Waals surface area contributed by atoms with Crippen LogP contribution in [0.5, 0.6) is 0 Å². The van der Waals surface area contributed by atoms with Gasteiger partial charge in [0.2, 0.25) is 5.69 Å². The Hall–Kier alpha value is -8.44. The fourth-order valence-corrected chi connectivity index (χ4v) is 11.8. The second-order valence-corrected chi connectivity index (χ2v) is 19.8. The molecule has 336 valence electrons. The molecule has 0 saturated carbocycles. The van der Waals surface area contributed by atoms with E-state index in [0.717, 1.165) is 125 Å². The van der Waals surface area contributed by atoms with Gasteiger partial charge in [-0.2, -0.15) is 5.26 Å². The van der Waals surface area contributed by atoms with Gasteiger partial charge in [0.25, 0.3) is 0 Å². The molecule has 0 amide bonds. The number of fused-ring (bicyclic) bond motifs is 7. The lowest BCUT2D eigenvalue weighted by Crippen LogP contribution is -2.39. The molecule has 2 aromatic heterocycles. The first kappa shape index (κ1) is 42.9. The molecule has 0 N–H and O–H groups in total. The average Bonchev–Trinajstić information content (AvgIpc) is 3.93. The van der Waals surface area contributed by atoms with Crippen LogP contribution in [0.3, 0.4) is 0 Å². The Balaban J connectivity index is 1.24. The van der Waals surface area contributed by atoms with Gasteiger partial charge in [-0.3, -0.25) is 0 Å². The van der Waals surface area contributed by atoms with Crippen molar-refractivity contribution in [2.24, 2.45) is 0 Å². The van der Waals surface area contributed by atoms with E-state index in [2.05, 4.69) is 242 Å². The van der Waals surface area contributed by atoms with Crippen molar-refractivity contribution in [2.45, 2.75) is 64.2 Å². The summed E-state index contributed by atoms with van der Waals surface area (Å²) in [4.78, 5) is 4.55. The van der Waals surface area contributed by atoms with Crippen LogP contribution in [0.15, 0.2) is 194 Å². The SMILES string of the molecule is [C-]#[N+]c1c(C#N)c(-n2c3ccc(-c4ccccc4)cc3c3cc(-c4ccccc4)ccc32)c2c(c1-n1c3ccc(-c4ccccc4)cc3c3cc(-c4ccccc4)ccc31)C(C)(CC)CCC2(C)CC. The van der Waals surface area contributed by atoms with Crippen LogP contribution in [0.2, 0.25) is 0 Å². The normalized spacial score (nSPS) is 16.7. The van der Waals surface area contributed by atoms with Gasteiger partial charge in [0.05, 0.1) is 51.6 Å². The molecule has 0 bridgehead atoms. The summed E-state index contributed by atoms with van der Waals surface area (Å²) in [5.74, 6) is 0. The number of nitriles is 1. The molecule has 0 saturated heterocycles. The standard InChI is InChI=1S/C66H52N4/c1-6-65(3)36-37-66(4,7-2)61-60(65)63(69-56-32-28-47(43-20-12-8-13-21-43)38-51(56)52-39-48(29-33-57(52)69)44-22-14-9-15-23-44)55(42-67)62(68-5)64(61)70-58-34-30-49(45-24-16-10-17-25-45)40-53(58)54-41-50(31-35-59(54)70)46-26-18-11-19-27-46/h8-35,38-41H,6-7,36-37H2,1-4H3. The zero-order valence-electron chi connectivity index (χ0n) is 40.1. The van der Waals surface area contributed by atoms with E-state index in [1.165, 1.54) is 11.1 Å². The molecule has 4 heteroatoms. The third-order valence-electron chi connectivity index (χ3n) is 16.0. The Morgan fingerprint density at radius 3 is 1.03 bits per heavy atom. The lowest BCUT2D eigenvalue weighted by molar-refractivity contribution is 0.282. The molecule has 0 fully saturated rings. The molecule has 4 nitrogen and oxygen atoms in total. The largest absolute Gasteiger partial charge is 0.319 e. The Labute approximate surface area is 410 Å². The van der Waals surface area contributed by atoms with E-state index < -0.39 is 0 Å². The molecule has 11 aromatic rings. The molecule has 0 spiro atoms. The second-order valence-electron chi connectivity index (χ2n) is 19.8.